The van der Waals surface area contributed by atoms with Crippen molar-refractivity contribution >= 4 is 33.6 Å². The summed E-state index contributed by atoms with van der Waals surface area (Å²) in [6.07, 6.45) is 1.67. The zero-order chi connectivity index (χ0) is 11.5. The van der Waals surface area contributed by atoms with Crippen LogP contribution in [0.3, 0.4) is 0 Å². The molecule has 5 heteroatoms. The summed E-state index contributed by atoms with van der Waals surface area (Å²) in [6.45, 7) is 2.07. The Labute approximate surface area is 107 Å². The maximum Gasteiger partial charge on any atom is 0.221 e. The van der Waals surface area contributed by atoms with Gasteiger partial charge in [0.05, 0.1) is 4.47 Å². The summed E-state index contributed by atoms with van der Waals surface area (Å²) in [5.41, 5.74) is 6.78. The predicted molar refractivity (Wildman–Crippen MR) is 69.4 cm³/mol. The molecule has 2 aromatic rings. The molecule has 16 heavy (non-hydrogen) atoms. The molecule has 3 nitrogen and oxygen atoms in total. The largest absolute Gasteiger partial charge is 0.368 e. The highest BCUT2D eigenvalue weighted by Gasteiger charge is 2.07. The van der Waals surface area contributed by atoms with E-state index in [0.29, 0.717) is 5.95 Å². The highest BCUT2D eigenvalue weighted by Crippen LogP contribution is 2.33. The first-order valence-electron chi connectivity index (χ1n) is 4.68. The van der Waals surface area contributed by atoms with Crippen LogP contribution in [0.4, 0.5) is 5.95 Å². The van der Waals surface area contributed by atoms with Crippen LogP contribution in [-0.4, -0.2) is 9.97 Å². The van der Waals surface area contributed by atoms with Crippen molar-refractivity contribution in [3.63, 3.8) is 0 Å². The molecule has 0 bridgehead atoms. The number of benzene rings is 1. The van der Waals surface area contributed by atoms with Gasteiger partial charge in [0.2, 0.25) is 5.95 Å². The Morgan fingerprint density at radius 1 is 1.31 bits per heavy atom. The number of nitrogens with zero attached hydrogens (tertiary/aromatic N) is 2. The Bertz CT molecular complexity index is 516. The van der Waals surface area contributed by atoms with E-state index in [4.69, 9.17) is 5.73 Å². The Kier molecular flexibility index (Phi) is 3.46. The van der Waals surface area contributed by atoms with Gasteiger partial charge in [-0.05, 0) is 34.5 Å². The van der Waals surface area contributed by atoms with E-state index >= 15 is 0 Å². The number of anilines is 1. The van der Waals surface area contributed by atoms with Crippen LogP contribution < -0.4 is 5.73 Å². The topological polar surface area (TPSA) is 51.8 Å². The summed E-state index contributed by atoms with van der Waals surface area (Å²) in [7, 11) is 0. The molecule has 2 rings (SSSR count). The second kappa shape index (κ2) is 4.84. The van der Waals surface area contributed by atoms with Crippen LogP contribution in [-0.2, 0) is 0 Å². The number of hydrogen-bond acceptors (Lipinski definition) is 4. The molecule has 1 heterocycles. The molecule has 0 aliphatic carbocycles. The Balaban J connectivity index is 2.34. The quantitative estimate of drug-likeness (QED) is 0.864. The zero-order valence-electron chi connectivity index (χ0n) is 8.64. The van der Waals surface area contributed by atoms with E-state index in [1.54, 1.807) is 18.0 Å². The molecule has 0 saturated carbocycles. The first-order chi connectivity index (χ1) is 7.66. The molecule has 0 fully saturated rings. The van der Waals surface area contributed by atoms with Crippen LogP contribution in [0.25, 0.3) is 0 Å². The summed E-state index contributed by atoms with van der Waals surface area (Å²) in [6, 6.07) is 8.15. The van der Waals surface area contributed by atoms with Crippen LogP contribution in [0, 0.1) is 6.92 Å². The van der Waals surface area contributed by atoms with E-state index in [0.717, 1.165) is 9.50 Å². The zero-order valence-corrected chi connectivity index (χ0v) is 11.0. The molecular formula is C11H10BrN3S. The summed E-state index contributed by atoms with van der Waals surface area (Å²) < 4.78 is 0.856. The lowest BCUT2D eigenvalue weighted by molar-refractivity contribution is 1.04. The molecule has 0 aliphatic rings. The normalized spacial score (nSPS) is 10.4. The van der Waals surface area contributed by atoms with E-state index in [9.17, 15) is 0 Å². The van der Waals surface area contributed by atoms with Crippen molar-refractivity contribution < 1.29 is 0 Å². The first-order valence-corrected chi connectivity index (χ1v) is 6.29. The second-order valence-electron chi connectivity index (χ2n) is 3.25. The summed E-state index contributed by atoms with van der Waals surface area (Å²) >= 11 is 4.99. The maximum absolute atomic E-state index is 5.56. The molecule has 1 aromatic heterocycles. The Morgan fingerprint density at radius 3 is 2.81 bits per heavy atom. The van der Waals surface area contributed by atoms with Gasteiger partial charge in [-0.1, -0.05) is 30.0 Å². The molecule has 0 atom stereocenters. The van der Waals surface area contributed by atoms with E-state index in [1.165, 1.54) is 10.5 Å². The second-order valence-corrected chi connectivity index (χ2v) is 5.13. The van der Waals surface area contributed by atoms with Crippen molar-refractivity contribution in [2.24, 2.45) is 0 Å². The molecule has 0 unspecified atom stereocenters. The number of hydrogen-bond donors (Lipinski definition) is 1. The van der Waals surface area contributed by atoms with Crippen molar-refractivity contribution in [2.75, 3.05) is 5.73 Å². The van der Waals surface area contributed by atoms with Crippen molar-refractivity contribution in [1.29, 1.82) is 0 Å². The number of rotatable bonds is 2. The highest BCUT2D eigenvalue weighted by atomic mass is 79.9. The smallest absolute Gasteiger partial charge is 0.221 e. The third-order valence-corrected chi connectivity index (χ3v) is 4.06. The molecule has 0 spiro atoms. The van der Waals surface area contributed by atoms with Gasteiger partial charge in [-0.2, -0.15) is 0 Å². The van der Waals surface area contributed by atoms with Gasteiger partial charge in [0.25, 0.3) is 0 Å². The fourth-order valence-electron chi connectivity index (χ4n) is 1.21. The standard InChI is InChI=1S/C11H10BrN3S/c1-7-4-2-3-5-9(7)16-10-8(12)6-14-11(13)15-10/h2-6H,1H3,(H2,13,14,15). The van der Waals surface area contributed by atoms with Gasteiger partial charge in [0.1, 0.15) is 5.03 Å². The van der Waals surface area contributed by atoms with Crippen LogP contribution in [0.1, 0.15) is 5.56 Å². The highest BCUT2D eigenvalue weighted by molar-refractivity contribution is 9.10. The van der Waals surface area contributed by atoms with Crippen LogP contribution >= 0.6 is 27.7 Å². The molecule has 2 N–H and O–H groups in total. The fraction of sp³-hybridized carbons (Fsp3) is 0.0909. The van der Waals surface area contributed by atoms with Gasteiger partial charge in [-0.25, -0.2) is 9.97 Å². The van der Waals surface area contributed by atoms with Crippen LogP contribution in [0.2, 0.25) is 0 Å². The van der Waals surface area contributed by atoms with Gasteiger partial charge in [0, 0.05) is 11.1 Å². The number of nitrogens with two attached hydrogens (primary N) is 1. The van der Waals surface area contributed by atoms with E-state index in [-0.39, 0.29) is 0 Å². The van der Waals surface area contributed by atoms with Crippen LogP contribution in [0.5, 0.6) is 0 Å². The number of nitrogen functional groups attached to an aromatic ring is 1. The van der Waals surface area contributed by atoms with Crippen molar-refractivity contribution in [3.8, 4) is 0 Å². The van der Waals surface area contributed by atoms with Gasteiger partial charge in [-0.3, -0.25) is 0 Å². The van der Waals surface area contributed by atoms with E-state index in [2.05, 4.69) is 45.0 Å². The molecule has 0 saturated heterocycles. The molecular weight excluding hydrogens is 286 g/mol. The molecule has 0 amide bonds. The minimum absolute atomic E-state index is 0.291. The van der Waals surface area contributed by atoms with Crippen molar-refractivity contribution in [1.82, 2.24) is 9.97 Å². The van der Waals surface area contributed by atoms with Crippen LogP contribution in [0.15, 0.2) is 44.9 Å². The average Bonchev–Trinajstić information content (AvgIpc) is 2.27. The number of aromatic nitrogens is 2. The Morgan fingerprint density at radius 2 is 2.06 bits per heavy atom. The molecule has 1 aromatic carbocycles. The third kappa shape index (κ3) is 2.54. The number of aryl methyl sites for hydroxylation is 1. The summed E-state index contributed by atoms with van der Waals surface area (Å²) in [4.78, 5) is 9.27. The van der Waals surface area contributed by atoms with E-state index < -0.39 is 0 Å². The average molecular weight is 296 g/mol. The predicted octanol–water partition coefficient (Wildman–Crippen LogP) is 3.28. The maximum atomic E-state index is 5.56. The monoisotopic (exact) mass is 295 g/mol. The Hall–Kier alpha value is -1.07. The summed E-state index contributed by atoms with van der Waals surface area (Å²) in [5.74, 6) is 0.291. The summed E-state index contributed by atoms with van der Waals surface area (Å²) in [5, 5.41) is 0.835. The third-order valence-electron chi connectivity index (χ3n) is 2.03. The lowest BCUT2D eigenvalue weighted by Gasteiger charge is -2.06. The molecule has 0 aliphatic heterocycles. The minimum atomic E-state index is 0.291. The lowest BCUT2D eigenvalue weighted by Crippen LogP contribution is -1.95. The number of halogens is 1. The SMILES string of the molecule is Cc1ccccc1Sc1nc(N)ncc1Br. The van der Waals surface area contributed by atoms with Crippen molar-refractivity contribution in [2.45, 2.75) is 16.8 Å². The van der Waals surface area contributed by atoms with Gasteiger partial charge in [-0.15, -0.1) is 0 Å². The van der Waals surface area contributed by atoms with Gasteiger partial charge in [0.15, 0.2) is 0 Å². The minimum Gasteiger partial charge on any atom is -0.368 e. The van der Waals surface area contributed by atoms with E-state index in [1.807, 2.05) is 12.1 Å². The first kappa shape index (κ1) is 11.4. The molecule has 82 valence electrons. The van der Waals surface area contributed by atoms with Crippen molar-refractivity contribution in [3.05, 3.63) is 40.5 Å². The molecule has 0 radical (unpaired) electrons. The lowest BCUT2D eigenvalue weighted by atomic mass is 10.2. The van der Waals surface area contributed by atoms with Gasteiger partial charge >= 0.3 is 0 Å². The van der Waals surface area contributed by atoms with Gasteiger partial charge < -0.3 is 5.73 Å². The fourth-order valence-corrected chi connectivity index (χ4v) is 2.52.